The molecule has 2 heterocycles. The van der Waals surface area contributed by atoms with Crippen LogP contribution in [0.1, 0.15) is 84.5 Å². The van der Waals surface area contributed by atoms with E-state index in [1.54, 1.807) is 0 Å². The predicted molar refractivity (Wildman–Crippen MR) is 115 cm³/mol. The molecule has 7 nitrogen and oxygen atoms in total. The third kappa shape index (κ3) is 7.96. The average Bonchev–Trinajstić information content (AvgIpc) is 3.13. The molecule has 168 valence electrons. The van der Waals surface area contributed by atoms with E-state index < -0.39 is 18.3 Å². The van der Waals surface area contributed by atoms with E-state index in [4.69, 9.17) is 4.74 Å². The fraction of sp³-hybridized carbons (Fsp3) is 0.909. The number of hydrogen-bond acceptors (Lipinski definition) is 7. The van der Waals surface area contributed by atoms with Gasteiger partial charge in [0.1, 0.15) is 18.4 Å². The highest BCUT2D eigenvalue weighted by molar-refractivity contribution is 5.83. The fourth-order valence-electron chi connectivity index (χ4n) is 4.06. The van der Waals surface area contributed by atoms with Crippen LogP contribution in [-0.4, -0.2) is 76.6 Å². The third-order valence-electron chi connectivity index (χ3n) is 5.99. The molecular weight excluding hydrogens is 370 g/mol. The lowest BCUT2D eigenvalue weighted by molar-refractivity contribution is -0.146. The number of aliphatic hydroxyl groups excluding tert-OH is 2. The van der Waals surface area contributed by atoms with Crippen molar-refractivity contribution in [1.29, 1.82) is 0 Å². The second kappa shape index (κ2) is 13.3. The van der Waals surface area contributed by atoms with Crippen LogP contribution in [0.3, 0.4) is 0 Å². The van der Waals surface area contributed by atoms with Gasteiger partial charge >= 0.3 is 0 Å². The van der Waals surface area contributed by atoms with Crippen molar-refractivity contribution in [3.05, 3.63) is 0 Å². The van der Waals surface area contributed by atoms with Gasteiger partial charge in [-0.25, -0.2) is 4.90 Å². The normalized spacial score (nSPS) is 26.2. The molecule has 0 saturated carbocycles. The summed E-state index contributed by atoms with van der Waals surface area (Å²) in [6, 6.07) is 0. The van der Waals surface area contributed by atoms with Gasteiger partial charge in [0.05, 0.1) is 25.8 Å². The number of ether oxygens (including phenoxy) is 1. The summed E-state index contributed by atoms with van der Waals surface area (Å²) in [7, 11) is 0. The quantitative estimate of drug-likeness (QED) is 0.428. The number of ketones is 1. The van der Waals surface area contributed by atoms with Crippen molar-refractivity contribution < 1.29 is 19.7 Å². The van der Waals surface area contributed by atoms with Gasteiger partial charge in [-0.1, -0.05) is 58.3 Å². The SMILES string of the molecule is CCCCCCCCCCCC(=O)C(O)[C@H]1O[C@@H](N2CN=CN(CC)C2)C[C@@H]1O. The van der Waals surface area contributed by atoms with Gasteiger partial charge < -0.3 is 19.8 Å². The lowest BCUT2D eigenvalue weighted by Gasteiger charge is -2.34. The van der Waals surface area contributed by atoms with Gasteiger partial charge in [0.25, 0.3) is 0 Å². The molecule has 1 unspecified atom stereocenters. The van der Waals surface area contributed by atoms with Gasteiger partial charge in [0.15, 0.2) is 5.78 Å². The van der Waals surface area contributed by atoms with Crippen LogP contribution in [-0.2, 0) is 9.53 Å². The number of carbonyl (C=O) groups is 1. The molecule has 1 saturated heterocycles. The van der Waals surface area contributed by atoms with E-state index >= 15 is 0 Å². The van der Waals surface area contributed by atoms with Gasteiger partial charge in [0.2, 0.25) is 0 Å². The van der Waals surface area contributed by atoms with Gasteiger partial charge in [-0.05, 0) is 13.3 Å². The number of nitrogens with zero attached hydrogens (tertiary/aromatic N) is 3. The van der Waals surface area contributed by atoms with E-state index in [0.29, 0.717) is 26.2 Å². The molecule has 0 bridgehead atoms. The van der Waals surface area contributed by atoms with Gasteiger partial charge in [0, 0.05) is 19.4 Å². The van der Waals surface area contributed by atoms with E-state index in [2.05, 4.69) is 23.7 Å². The monoisotopic (exact) mass is 411 g/mol. The largest absolute Gasteiger partial charge is 0.390 e. The van der Waals surface area contributed by atoms with Crippen LogP contribution >= 0.6 is 0 Å². The van der Waals surface area contributed by atoms with Crippen LogP contribution in [0, 0.1) is 0 Å². The Morgan fingerprint density at radius 3 is 2.45 bits per heavy atom. The summed E-state index contributed by atoms with van der Waals surface area (Å²) >= 11 is 0. The maximum atomic E-state index is 12.4. The molecule has 1 fully saturated rings. The zero-order chi connectivity index (χ0) is 21.1. The second-order valence-corrected chi connectivity index (χ2v) is 8.42. The summed E-state index contributed by atoms with van der Waals surface area (Å²) in [6.07, 6.45) is 10.00. The molecule has 4 atom stereocenters. The maximum absolute atomic E-state index is 12.4. The van der Waals surface area contributed by atoms with E-state index in [9.17, 15) is 15.0 Å². The summed E-state index contributed by atoms with van der Waals surface area (Å²) in [5.41, 5.74) is 0. The molecule has 0 aromatic rings. The van der Waals surface area contributed by atoms with Crippen LogP contribution in [0.25, 0.3) is 0 Å². The molecule has 7 heteroatoms. The smallest absolute Gasteiger partial charge is 0.164 e. The Kier molecular flexibility index (Phi) is 11.1. The lowest BCUT2D eigenvalue weighted by atomic mass is 9.99. The molecule has 0 spiro atoms. The maximum Gasteiger partial charge on any atom is 0.164 e. The summed E-state index contributed by atoms with van der Waals surface area (Å²) in [5, 5.41) is 20.8. The first-order valence-electron chi connectivity index (χ1n) is 11.6. The minimum Gasteiger partial charge on any atom is -0.390 e. The average molecular weight is 412 g/mol. The molecule has 2 aliphatic rings. The van der Waals surface area contributed by atoms with Gasteiger partial charge in [-0.2, -0.15) is 0 Å². The van der Waals surface area contributed by atoms with Gasteiger partial charge in [-0.15, -0.1) is 0 Å². The Morgan fingerprint density at radius 2 is 1.79 bits per heavy atom. The minimum atomic E-state index is -1.25. The van der Waals surface area contributed by atoms with Gasteiger partial charge in [-0.3, -0.25) is 9.79 Å². The molecule has 29 heavy (non-hydrogen) atoms. The van der Waals surface area contributed by atoms with E-state index in [1.807, 2.05) is 11.2 Å². The number of Topliss-reactive ketones (excluding diaryl/α,β-unsaturated/α-hetero) is 1. The number of carbonyl (C=O) groups excluding carboxylic acids is 1. The summed E-state index contributed by atoms with van der Waals surface area (Å²) in [5.74, 6) is -0.218. The van der Waals surface area contributed by atoms with Crippen LogP contribution in [0.2, 0.25) is 0 Å². The van der Waals surface area contributed by atoms with Crippen LogP contribution in [0.4, 0.5) is 0 Å². The number of aliphatic imine (C=N–C) groups is 1. The molecule has 0 aliphatic carbocycles. The van der Waals surface area contributed by atoms with Crippen LogP contribution < -0.4 is 0 Å². The first kappa shape index (κ1) is 24.3. The predicted octanol–water partition coefficient (Wildman–Crippen LogP) is 2.89. The van der Waals surface area contributed by atoms with Crippen LogP contribution in [0.15, 0.2) is 4.99 Å². The molecule has 2 rings (SSSR count). The highest BCUT2D eigenvalue weighted by Crippen LogP contribution is 2.27. The van der Waals surface area contributed by atoms with E-state index in [-0.39, 0.29) is 12.0 Å². The molecule has 0 radical (unpaired) electrons. The zero-order valence-corrected chi connectivity index (χ0v) is 18.3. The van der Waals surface area contributed by atoms with Crippen molar-refractivity contribution in [2.24, 2.45) is 4.99 Å². The third-order valence-corrected chi connectivity index (χ3v) is 5.99. The Labute approximate surface area is 176 Å². The van der Waals surface area contributed by atoms with Crippen molar-refractivity contribution in [2.45, 2.75) is 109 Å². The summed E-state index contributed by atoms with van der Waals surface area (Å²) < 4.78 is 5.89. The number of hydrogen-bond donors (Lipinski definition) is 2. The standard InChI is InChI=1S/C22H41N3O4/c1-3-5-6-7-8-9-10-11-12-13-18(26)21(28)22-19(27)14-20(29-22)25-16-23-15-24(4-2)17-25/h15,19-22,27-28H,3-14,16-17H2,1-2H3/t19-,20+,21?,22-/m0/s1. The topological polar surface area (TPSA) is 85.6 Å². The second-order valence-electron chi connectivity index (χ2n) is 8.42. The highest BCUT2D eigenvalue weighted by atomic mass is 16.5. The zero-order valence-electron chi connectivity index (χ0n) is 18.3. The Balaban J connectivity index is 1.64. The first-order valence-corrected chi connectivity index (χ1v) is 11.6. The molecular formula is C22H41N3O4. The molecule has 2 aliphatic heterocycles. The molecule has 2 N–H and O–H groups in total. The number of rotatable bonds is 14. The van der Waals surface area contributed by atoms with Crippen molar-refractivity contribution in [3.8, 4) is 0 Å². The minimum absolute atomic E-state index is 0.218. The molecule has 0 aromatic carbocycles. The first-order chi connectivity index (χ1) is 14.1. The Morgan fingerprint density at radius 1 is 1.14 bits per heavy atom. The lowest BCUT2D eigenvalue weighted by Crippen LogP contribution is -2.47. The van der Waals surface area contributed by atoms with Crippen molar-refractivity contribution >= 4 is 12.1 Å². The molecule has 0 amide bonds. The summed E-state index contributed by atoms with van der Waals surface area (Å²) in [6.45, 7) is 6.30. The Hall–Kier alpha value is -1.02. The molecule has 0 aromatic heterocycles. The van der Waals surface area contributed by atoms with Crippen molar-refractivity contribution in [3.63, 3.8) is 0 Å². The van der Waals surface area contributed by atoms with Crippen molar-refractivity contribution in [1.82, 2.24) is 9.80 Å². The van der Waals surface area contributed by atoms with E-state index in [1.165, 1.54) is 38.5 Å². The fourth-order valence-corrected chi connectivity index (χ4v) is 4.06. The summed E-state index contributed by atoms with van der Waals surface area (Å²) in [4.78, 5) is 20.8. The number of unbranched alkanes of at least 4 members (excludes halogenated alkanes) is 8. The van der Waals surface area contributed by atoms with Crippen molar-refractivity contribution in [2.75, 3.05) is 19.9 Å². The highest BCUT2D eigenvalue weighted by Gasteiger charge is 2.43. The number of aliphatic hydroxyl groups is 2. The van der Waals surface area contributed by atoms with E-state index in [0.717, 1.165) is 25.8 Å². The Bertz CT molecular complexity index is 502. The van der Waals surface area contributed by atoms with Crippen LogP contribution in [0.5, 0.6) is 0 Å².